The second-order valence-corrected chi connectivity index (χ2v) is 6.24. The molecular formula is C17H21FN2O2S. The van der Waals surface area contributed by atoms with Crippen molar-refractivity contribution in [3.05, 3.63) is 52.5 Å². The molecule has 0 fully saturated rings. The molecule has 2 aromatic rings. The van der Waals surface area contributed by atoms with E-state index in [0.717, 1.165) is 0 Å². The molecule has 1 unspecified atom stereocenters. The normalized spacial score (nSPS) is 12.2. The number of hydrogen-bond donors (Lipinski definition) is 1. The Hall–Kier alpha value is -1.92. The van der Waals surface area contributed by atoms with E-state index in [0.29, 0.717) is 25.4 Å². The summed E-state index contributed by atoms with van der Waals surface area (Å²) in [5.74, 6) is 0.247. The van der Waals surface area contributed by atoms with E-state index in [9.17, 15) is 9.18 Å². The van der Waals surface area contributed by atoms with Gasteiger partial charge in [-0.1, -0.05) is 6.07 Å². The Morgan fingerprint density at radius 1 is 1.35 bits per heavy atom. The van der Waals surface area contributed by atoms with E-state index in [4.69, 9.17) is 4.74 Å². The highest BCUT2D eigenvalue weighted by molar-refractivity contribution is 7.10. The molecule has 1 aromatic carbocycles. The van der Waals surface area contributed by atoms with Gasteiger partial charge < -0.3 is 10.1 Å². The molecule has 1 aromatic heterocycles. The first-order chi connectivity index (χ1) is 11.1. The molecule has 0 bridgehead atoms. The quantitative estimate of drug-likeness (QED) is 0.753. The Bertz CT molecular complexity index is 602. The zero-order valence-corrected chi connectivity index (χ0v) is 14.1. The third-order valence-electron chi connectivity index (χ3n) is 3.52. The van der Waals surface area contributed by atoms with Gasteiger partial charge in [-0.25, -0.2) is 4.39 Å². The number of benzene rings is 1. The van der Waals surface area contributed by atoms with Crippen LogP contribution in [0.5, 0.6) is 5.75 Å². The standard InChI is InChI=1S/C17H21FN2O2S/c1-13(16-4-3-11-23-16)20(2)12-17(21)19-9-10-22-15-7-5-14(18)6-8-15/h3-8,11,13H,9-10,12H2,1-2H3,(H,19,21). The number of amides is 1. The Kier molecular flexibility index (Phi) is 6.55. The fourth-order valence-electron chi connectivity index (χ4n) is 2.06. The number of nitrogens with zero attached hydrogens (tertiary/aromatic N) is 1. The lowest BCUT2D eigenvalue weighted by Crippen LogP contribution is -2.37. The van der Waals surface area contributed by atoms with E-state index in [2.05, 4.69) is 18.3 Å². The Balaban J connectivity index is 1.65. The molecule has 1 atom stereocenters. The van der Waals surface area contributed by atoms with Crippen LogP contribution in [0.1, 0.15) is 17.8 Å². The molecule has 23 heavy (non-hydrogen) atoms. The maximum absolute atomic E-state index is 12.8. The largest absolute Gasteiger partial charge is 0.492 e. The molecule has 124 valence electrons. The molecule has 0 aliphatic heterocycles. The minimum atomic E-state index is -0.298. The minimum Gasteiger partial charge on any atom is -0.492 e. The van der Waals surface area contributed by atoms with Crippen molar-refractivity contribution < 1.29 is 13.9 Å². The maximum Gasteiger partial charge on any atom is 0.234 e. The monoisotopic (exact) mass is 336 g/mol. The fourth-order valence-corrected chi connectivity index (χ4v) is 2.90. The highest BCUT2D eigenvalue weighted by atomic mass is 32.1. The summed E-state index contributed by atoms with van der Waals surface area (Å²) in [4.78, 5) is 15.2. The second kappa shape index (κ2) is 8.64. The molecule has 0 saturated heterocycles. The molecule has 1 heterocycles. The second-order valence-electron chi connectivity index (χ2n) is 5.26. The van der Waals surface area contributed by atoms with Gasteiger partial charge in [0, 0.05) is 10.9 Å². The van der Waals surface area contributed by atoms with Gasteiger partial charge in [-0.15, -0.1) is 11.3 Å². The van der Waals surface area contributed by atoms with Crippen LogP contribution in [0.3, 0.4) is 0 Å². The van der Waals surface area contributed by atoms with E-state index in [1.807, 2.05) is 23.4 Å². The van der Waals surface area contributed by atoms with Crippen molar-refractivity contribution in [1.29, 1.82) is 0 Å². The zero-order valence-electron chi connectivity index (χ0n) is 13.3. The van der Waals surface area contributed by atoms with E-state index in [1.165, 1.54) is 17.0 Å². The molecular weight excluding hydrogens is 315 g/mol. The highest BCUT2D eigenvalue weighted by Gasteiger charge is 2.15. The van der Waals surface area contributed by atoms with Gasteiger partial charge in [0.2, 0.25) is 5.91 Å². The van der Waals surface area contributed by atoms with Crippen molar-refractivity contribution in [3.8, 4) is 5.75 Å². The number of likely N-dealkylation sites (N-methyl/N-ethyl adjacent to an activating group) is 1. The summed E-state index contributed by atoms with van der Waals surface area (Å²) in [5, 5.41) is 4.85. The number of nitrogens with one attached hydrogen (secondary N) is 1. The highest BCUT2D eigenvalue weighted by Crippen LogP contribution is 2.22. The molecule has 0 spiro atoms. The van der Waals surface area contributed by atoms with Crippen LogP contribution in [0, 0.1) is 5.82 Å². The average Bonchev–Trinajstić information content (AvgIpc) is 3.07. The number of ether oxygens (including phenoxy) is 1. The van der Waals surface area contributed by atoms with Gasteiger partial charge in [-0.05, 0) is 49.7 Å². The molecule has 0 saturated carbocycles. The van der Waals surface area contributed by atoms with Crippen LogP contribution in [-0.2, 0) is 4.79 Å². The van der Waals surface area contributed by atoms with Crippen LogP contribution in [0.2, 0.25) is 0 Å². The number of thiophene rings is 1. The molecule has 0 radical (unpaired) electrons. The molecule has 2 rings (SSSR count). The van der Waals surface area contributed by atoms with Crippen molar-refractivity contribution in [3.63, 3.8) is 0 Å². The summed E-state index contributed by atoms with van der Waals surface area (Å²) < 4.78 is 18.2. The topological polar surface area (TPSA) is 41.6 Å². The van der Waals surface area contributed by atoms with Crippen LogP contribution >= 0.6 is 11.3 Å². The first-order valence-electron chi connectivity index (χ1n) is 7.45. The summed E-state index contributed by atoms with van der Waals surface area (Å²) in [6.07, 6.45) is 0. The predicted molar refractivity (Wildman–Crippen MR) is 90.3 cm³/mol. The van der Waals surface area contributed by atoms with Gasteiger partial charge in [-0.3, -0.25) is 9.69 Å². The summed E-state index contributed by atoms with van der Waals surface area (Å²) >= 11 is 1.69. The zero-order chi connectivity index (χ0) is 16.7. The Labute approximate surface area is 139 Å². The molecule has 1 amide bonds. The maximum atomic E-state index is 12.8. The van der Waals surface area contributed by atoms with Gasteiger partial charge in [0.05, 0.1) is 13.1 Å². The SMILES string of the molecule is CC(c1cccs1)N(C)CC(=O)NCCOc1ccc(F)cc1. The number of hydrogen-bond acceptors (Lipinski definition) is 4. The van der Waals surface area contributed by atoms with E-state index >= 15 is 0 Å². The number of halogens is 1. The molecule has 1 N–H and O–H groups in total. The third-order valence-corrected chi connectivity index (χ3v) is 4.56. The third kappa shape index (κ3) is 5.65. The van der Waals surface area contributed by atoms with Crippen LogP contribution < -0.4 is 10.1 Å². The summed E-state index contributed by atoms with van der Waals surface area (Å²) in [5.41, 5.74) is 0. The Morgan fingerprint density at radius 2 is 2.09 bits per heavy atom. The van der Waals surface area contributed by atoms with Crippen LogP contribution in [-0.4, -0.2) is 37.6 Å². The van der Waals surface area contributed by atoms with Crippen molar-refractivity contribution in [2.24, 2.45) is 0 Å². The molecule has 6 heteroatoms. The number of carbonyl (C=O) groups excluding carboxylic acids is 1. The molecule has 0 aliphatic rings. The van der Waals surface area contributed by atoms with Gasteiger partial charge in [0.15, 0.2) is 0 Å². The van der Waals surface area contributed by atoms with E-state index in [1.54, 1.807) is 23.5 Å². The number of rotatable bonds is 8. The number of carbonyl (C=O) groups is 1. The first-order valence-corrected chi connectivity index (χ1v) is 8.33. The summed E-state index contributed by atoms with van der Waals surface area (Å²) in [6.45, 7) is 3.17. The first kappa shape index (κ1) is 17.4. The average molecular weight is 336 g/mol. The van der Waals surface area contributed by atoms with Crippen molar-refractivity contribution >= 4 is 17.2 Å². The molecule has 4 nitrogen and oxygen atoms in total. The fraction of sp³-hybridized carbons (Fsp3) is 0.353. The van der Waals surface area contributed by atoms with Gasteiger partial charge >= 0.3 is 0 Å². The van der Waals surface area contributed by atoms with Gasteiger partial charge in [-0.2, -0.15) is 0 Å². The van der Waals surface area contributed by atoms with Gasteiger partial charge in [0.1, 0.15) is 18.2 Å². The lowest BCUT2D eigenvalue weighted by atomic mass is 10.2. The van der Waals surface area contributed by atoms with Crippen LogP contribution in [0.4, 0.5) is 4.39 Å². The molecule has 0 aliphatic carbocycles. The van der Waals surface area contributed by atoms with E-state index < -0.39 is 0 Å². The van der Waals surface area contributed by atoms with Crippen molar-refractivity contribution in [2.75, 3.05) is 26.7 Å². The predicted octanol–water partition coefficient (Wildman–Crippen LogP) is 3.08. The van der Waals surface area contributed by atoms with Crippen LogP contribution in [0.15, 0.2) is 41.8 Å². The lowest BCUT2D eigenvalue weighted by molar-refractivity contribution is -0.122. The van der Waals surface area contributed by atoms with Gasteiger partial charge in [0.25, 0.3) is 0 Å². The van der Waals surface area contributed by atoms with Crippen LogP contribution in [0.25, 0.3) is 0 Å². The minimum absolute atomic E-state index is 0.0430. The smallest absolute Gasteiger partial charge is 0.234 e. The van der Waals surface area contributed by atoms with E-state index in [-0.39, 0.29) is 17.8 Å². The Morgan fingerprint density at radius 3 is 2.74 bits per heavy atom. The van der Waals surface area contributed by atoms with Crippen molar-refractivity contribution in [2.45, 2.75) is 13.0 Å². The van der Waals surface area contributed by atoms with Crippen molar-refractivity contribution in [1.82, 2.24) is 10.2 Å². The summed E-state index contributed by atoms with van der Waals surface area (Å²) in [7, 11) is 1.93. The lowest BCUT2D eigenvalue weighted by Gasteiger charge is -2.23. The summed E-state index contributed by atoms with van der Waals surface area (Å²) in [6, 6.07) is 10.1.